The topological polar surface area (TPSA) is 93.7 Å². The van der Waals surface area contributed by atoms with Gasteiger partial charge in [-0.05, 0) is 47.5 Å². The van der Waals surface area contributed by atoms with Crippen LogP contribution in [0.1, 0.15) is 74.1 Å². The molecule has 0 aromatic rings. The summed E-state index contributed by atoms with van der Waals surface area (Å²) in [5, 5.41) is 5.72. The molecule has 30 heavy (non-hydrogen) atoms. The number of alkyl halides is 1. The molecule has 0 unspecified atom stereocenters. The fourth-order valence-corrected chi connectivity index (χ4v) is 3.92. The molecule has 0 saturated heterocycles. The van der Waals surface area contributed by atoms with Crippen molar-refractivity contribution < 1.29 is 23.9 Å². The van der Waals surface area contributed by atoms with Gasteiger partial charge in [0.1, 0.15) is 5.78 Å². The number of hydrogen-bond donors (Lipinski definition) is 2. The molecule has 2 amide bonds. The molecule has 0 aliphatic heterocycles. The predicted molar refractivity (Wildman–Crippen MR) is 128 cm³/mol. The predicted octanol–water partition coefficient (Wildman–Crippen LogP) is 3.42. The lowest BCUT2D eigenvalue weighted by atomic mass is 9.87. The molecule has 0 atom stereocenters. The molecule has 0 heterocycles. The Morgan fingerprint density at radius 3 is 1.97 bits per heavy atom. The lowest BCUT2D eigenvalue weighted by molar-refractivity contribution is -0.135. The van der Waals surface area contributed by atoms with Gasteiger partial charge < -0.3 is 20.1 Å². The highest BCUT2D eigenvalue weighted by atomic mass is 127. The Hall–Kier alpha value is -0.740. The van der Waals surface area contributed by atoms with Crippen molar-refractivity contribution in [2.75, 3.05) is 30.7 Å². The number of rotatable bonds is 16. The third kappa shape index (κ3) is 14.3. The van der Waals surface area contributed by atoms with Gasteiger partial charge in [0.05, 0.1) is 29.8 Å². The maximum absolute atomic E-state index is 12.5. The van der Waals surface area contributed by atoms with Gasteiger partial charge in [-0.3, -0.25) is 14.4 Å². The molecule has 7 nitrogen and oxygen atoms in total. The average molecular weight is 540 g/mol. The quantitative estimate of drug-likeness (QED) is 0.178. The second-order valence-corrected chi connectivity index (χ2v) is 10.6. The van der Waals surface area contributed by atoms with Crippen LogP contribution in [-0.2, 0) is 23.9 Å². The van der Waals surface area contributed by atoms with E-state index in [1.165, 1.54) is 6.92 Å². The van der Waals surface area contributed by atoms with E-state index in [0.29, 0.717) is 39.1 Å². The van der Waals surface area contributed by atoms with Crippen molar-refractivity contribution in [1.82, 2.24) is 10.6 Å². The Labute approximate surface area is 195 Å². The standard InChI is InChI=1S/C22H41IN2O5/c1-17(26)8-14-29-22(6,7)10-12-24-18(27)16-20(2,3)19(28)25-13-15-30-21(4,5)9-11-23/h8-16H2,1-7H3,(H,24,27)(H,25,28). The molecule has 0 aliphatic rings. The van der Waals surface area contributed by atoms with E-state index in [0.717, 1.165) is 10.8 Å². The lowest BCUT2D eigenvalue weighted by Gasteiger charge is -2.27. The van der Waals surface area contributed by atoms with Gasteiger partial charge in [-0.25, -0.2) is 0 Å². The first-order valence-electron chi connectivity index (χ1n) is 10.6. The minimum atomic E-state index is -0.810. The van der Waals surface area contributed by atoms with Crippen LogP contribution in [0.3, 0.4) is 0 Å². The normalized spacial score (nSPS) is 12.5. The van der Waals surface area contributed by atoms with Gasteiger partial charge in [0.25, 0.3) is 0 Å². The second-order valence-electron chi connectivity index (χ2n) is 9.52. The van der Waals surface area contributed by atoms with E-state index in [9.17, 15) is 14.4 Å². The summed E-state index contributed by atoms with van der Waals surface area (Å²) >= 11 is 2.32. The average Bonchev–Trinajstić information content (AvgIpc) is 2.57. The number of nitrogens with one attached hydrogen (secondary N) is 2. The molecule has 0 spiro atoms. The summed E-state index contributed by atoms with van der Waals surface area (Å²) in [4.78, 5) is 35.7. The molecule has 2 N–H and O–H groups in total. The summed E-state index contributed by atoms with van der Waals surface area (Å²) in [6, 6.07) is 0. The minimum absolute atomic E-state index is 0.0931. The van der Waals surface area contributed by atoms with Crippen LogP contribution in [-0.4, -0.2) is 59.5 Å². The summed E-state index contributed by atoms with van der Waals surface area (Å²) in [5.74, 6) is -0.245. The third-order valence-electron chi connectivity index (χ3n) is 4.79. The fourth-order valence-electron chi connectivity index (χ4n) is 2.62. The largest absolute Gasteiger partial charge is 0.375 e. The fraction of sp³-hybridized carbons (Fsp3) is 0.864. The molecular formula is C22H41IN2O5. The minimum Gasteiger partial charge on any atom is -0.375 e. The van der Waals surface area contributed by atoms with Gasteiger partial charge in [-0.2, -0.15) is 0 Å². The molecule has 0 fully saturated rings. The maximum Gasteiger partial charge on any atom is 0.226 e. The van der Waals surface area contributed by atoms with E-state index >= 15 is 0 Å². The number of hydrogen-bond acceptors (Lipinski definition) is 5. The summed E-state index contributed by atoms with van der Waals surface area (Å²) in [7, 11) is 0. The van der Waals surface area contributed by atoms with E-state index < -0.39 is 11.0 Å². The molecule has 0 aliphatic carbocycles. The Balaban J connectivity index is 4.23. The molecular weight excluding hydrogens is 499 g/mol. The lowest BCUT2D eigenvalue weighted by Crippen LogP contribution is -2.43. The molecule has 0 rings (SSSR count). The van der Waals surface area contributed by atoms with Gasteiger partial charge in [-0.15, -0.1) is 0 Å². The van der Waals surface area contributed by atoms with E-state index in [1.54, 1.807) is 13.8 Å². The van der Waals surface area contributed by atoms with Crippen molar-refractivity contribution in [2.24, 2.45) is 5.41 Å². The molecule has 0 saturated carbocycles. The van der Waals surface area contributed by atoms with Gasteiger partial charge >= 0.3 is 0 Å². The van der Waals surface area contributed by atoms with E-state index in [4.69, 9.17) is 9.47 Å². The zero-order valence-corrected chi connectivity index (χ0v) is 21.9. The monoisotopic (exact) mass is 540 g/mol. The van der Waals surface area contributed by atoms with Gasteiger partial charge in [-0.1, -0.05) is 36.4 Å². The van der Waals surface area contributed by atoms with Gasteiger partial charge in [0.15, 0.2) is 0 Å². The summed E-state index contributed by atoms with van der Waals surface area (Å²) < 4.78 is 12.5. The van der Waals surface area contributed by atoms with Crippen molar-refractivity contribution in [1.29, 1.82) is 0 Å². The first-order valence-corrected chi connectivity index (χ1v) is 12.1. The van der Waals surface area contributed by atoms with Crippen LogP contribution < -0.4 is 10.6 Å². The van der Waals surface area contributed by atoms with E-state index in [2.05, 4.69) is 33.2 Å². The molecule has 0 aromatic heterocycles. The third-order valence-corrected chi connectivity index (χ3v) is 5.33. The van der Waals surface area contributed by atoms with Crippen molar-refractivity contribution in [3.05, 3.63) is 0 Å². The molecule has 0 radical (unpaired) electrons. The SMILES string of the molecule is CC(=O)CCOC(C)(C)CCNC(=O)CC(C)(C)C(=O)NCCOC(C)(C)CCI. The highest BCUT2D eigenvalue weighted by Gasteiger charge is 2.30. The summed E-state index contributed by atoms with van der Waals surface area (Å²) in [6.07, 6.45) is 2.06. The summed E-state index contributed by atoms with van der Waals surface area (Å²) in [5.41, 5.74) is -1.44. The first-order chi connectivity index (χ1) is 13.7. The van der Waals surface area contributed by atoms with Crippen LogP contribution in [0.15, 0.2) is 0 Å². The van der Waals surface area contributed by atoms with Crippen LogP contribution in [0.4, 0.5) is 0 Å². The number of ether oxygens (including phenoxy) is 2. The summed E-state index contributed by atoms with van der Waals surface area (Å²) in [6.45, 7) is 14.7. The number of Topliss-reactive ketones (excluding diaryl/α,β-unsaturated/α-hetero) is 1. The van der Waals surface area contributed by atoms with Crippen molar-refractivity contribution in [2.45, 2.75) is 85.4 Å². The number of carbonyl (C=O) groups is 3. The molecule has 176 valence electrons. The molecule has 8 heteroatoms. The van der Waals surface area contributed by atoms with E-state index in [-0.39, 0.29) is 29.6 Å². The number of amides is 2. The van der Waals surface area contributed by atoms with Crippen LogP contribution >= 0.6 is 22.6 Å². The number of carbonyl (C=O) groups excluding carboxylic acids is 3. The molecule has 0 aromatic carbocycles. The zero-order valence-electron chi connectivity index (χ0n) is 19.8. The first kappa shape index (κ1) is 29.3. The Morgan fingerprint density at radius 1 is 0.833 bits per heavy atom. The smallest absolute Gasteiger partial charge is 0.226 e. The zero-order chi connectivity index (χ0) is 23.4. The van der Waals surface area contributed by atoms with E-state index in [1.807, 2.05) is 27.7 Å². The Kier molecular flexibility index (Phi) is 13.3. The molecule has 0 bridgehead atoms. The Bertz CT molecular complexity index is 562. The second kappa shape index (κ2) is 13.6. The maximum atomic E-state index is 12.5. The van der Waals surface area contributed by atoms with Crippen LogP contribution in [0, 0.1) is 5.41 Å². The van der Waals surface area contributed by atoms with Crippen molar-refractivity contribution in [3.8, 4) is 0 Å². The van der Waals surface area contributed by atoms with Crippen molar-refractivity contribution in [3.63, 3.8) is 0 Å². The Morgan fingerprint density at radius 2 is 1.40 bits per heavy atom. The van der Waals surface area contributed by atoms with Crippen LogP contribution in [0.5, 0.6) is 0 Å². The van der Waals surface area contributed by atoms with Crippen LogP contribution in [0.25, 0.3) is 0 Å². The van der Waals surface area contributed by atoms with Gasteiger partial charge in [0.2, 0.25) is 11.8 Å². The van der Waals surface area contributed by atoms with Crippen LogP contribution in [0.2, 0.25) is 0 Å². The highest BCUT2D eigenvalue weighted by Crippen LogP contribution is 2.21. The van der Waals surface area contributed by atoms with Crippen molar-refractivity contribution >= 4 is 40.2 Å². The highest BCUT2D eigenvalue weighted by molar-refractivity contribution is 14.1. The number of ketones is 1. The van der Waals surface area contributed by atoms with Gasteiger partial charge in [0, 0.05) is 30.4 Å². The number of halogens is 1.